The van der Waals surface area contributed by atoms with Crippen molar-refractivity contribution in [2.75, 3.05) is 18.6 Å². The topological polar surface area (TPSA) is 70.0 Å². The molecule has 5 nitrogen and oxygen atoms in total. The fourth-order valence-electron chi connectivity index (χ4n) is 2.72. The predicted molar refractivity (Wildman–Crippen MR) is 93.9 cm³/mol. The first-order valence-corrected chi connectivity index (χ1v) is 7.85. The molecule has 0 unspecified atom stereocenters. The molecule has 0 spiro atoms. The molecule has 2 aromatic rings. The monoisotopic (exact) mass is 329 g/mol. The van der Waals surface area contributed by atoms with Gasteiger partial charge in [-0.15, -0.1) is 0 Å². The number of carbonyl (C=O) groups is 1. The van der Waals surface area contributed by atoms with Gasteiger partial charge in [-0.2, -0.15) is 0 Å². The van der Waals surface area contributed by atoms with Gasteiger partial charge in [-0.3, -0.25) is 4.79 Å². The molecule has 2 N–H and O–H groups in total. The van der Waals surface area contributed by atoms with Gasteiger partial charge in [0.15, 0.2) is 0 Å². The minimum absolute atomic E-state index is 0.00673. The van der Waals surface area contributed by atoms with Gasteiger partial charge in [0.1, 0.15) is 11.5 Å². The van der Waals surface area contributed by atoms with E-state index in [4.69, 9.17) is 0 Å². The number of anilines is 2. The second-order valence-electron chi connectivity index (χ2n) is 5.83. The summed E-state index contributed by atoms with van der Waals surface area (Å²) in [7, 11) is 1.37. The zero-order chi connectivity index (χ0) is 17.7. The van der Waals surface area contributed by atoms with Gasteiger partial charge >= 0.3 is 5.97 Å². The fourth-order valence-corrected chi connectivity index (χ4v) is 2.72. The summed E-state index contributed by atoms with van der Waals surface area (Å²) in [5.41, 5.74) is 3.88. The first-order valence-electron chi connectivity index (χ1n) is 7.85. The summed E-state index contributed by atoms with van der Waals surface area (Å²) in [6, 6.07) is 10.6. The number of nitrogens with zero attached hydrogens (tertiary/aromatic N) is 1. The number of rotatable bonds is 6. The molecule has 0 amide bonds. The van der Waals surface area contributed by atoms with E-state index in [-0.39, 0.29) is 17.5 Å². The first kappa shape index (κ1) is 17.7. The number of hydrogen-bond acceptors (Lipinski definition) is 5. The average molecular weight is 329 g/mol. The summed E-state index contributed by atoms with van der Waals surface area (Å²) < 4.78 is 4.68. The summed E-state index contributed by atoms with van der Waals surface area (Å²) >= 11 is 0. The van der Waals surface area contributed by atoms with E-state index >= 15 is 0 Å². The van der Waals surface area contributed by atoms with Crippen LogP contribution in [0.25, 0.3) is 0 Å². The maximum Gasteiger partial charge on any atom is 0.305 e. The van der Waals surface area contributed by atoms with Gasteiger partial charge in [-0.1, -0.05) is 17.7 Å². The van der Waals surface area contributed by atoms with Crippen molar-refractivity contribution in [2.45, 2.75) is 26.7 Å². The number of benzene rings is 2. The lowest BCUT2D eigenvalue weighted by molar-refractivity contribution is -0.140. The standard InChI is InChI=1S/C19H23NO4/c1-13-6-7-18(14(2)9-13)20(8-4-5-19(23)24-3)15-10-16(21)12-17(22)11-15/h6-7,9-12,21-22H,4-5,8H2,1-3H3. The Labute approximate surface area is 142 Å². The zero-order valence-electron chi connectivity index (χ0n) is 14.2. The Morgan fingerprint density at radius 2 is 1.75 bits per heavy atom. The Kier molecular flexibility index (Phi) is 5.68. The smallest absolute Gasteiger partial charge is 0.305 e. The molecule has 0 aliphatic carbocycles. The molecule has 0 fully saturated rings. The number of carbonyl (C=O) groups excluding carboxylic acids is 1. The first-order chi connectivity index (χ1) is 11.4. The van der Waals surface area contributed by atoms with Crippen LogP contribution < -0.4 is 4.90 Å². The largest absolute Gasteiger partial charge is 0.508 e. The van der Waals surface area contributed by atoms with Crippen LogP contribution in [0, 0.1) is 13.8 Å². The summed E-state index contributed by atoms with van der Waals surface area (Å²) in [5, 5.41) is 19.6. The molecular formula is C19H23NO4. The lowest BCUT2D eigenvalue weighted by Gasteiger charge is -2.27. The number of aryl methyl sites for hydroxylation is 2. The third-order valence-electron chi connectivity index (χ3n) is 3.83. The molecular weight excluding hydrogens is 306 g/mol. The zero-order valence-corrected chi connectivity index (χ0v) is 14.2. The maximum atomic E-state index is 11.4. The highest BCUT2D eigenvalue weighted by Crippen LogP contribution is 2.34. The van der Waals surface area contributed by atoms with E-state index in [0.717, 1.165) is 16.8 Å². The number of phenolic OH excluding ortho intramolecular Hbond substituents is 2. The molecule has 24 heavy (non-hydrogen) atoms. The van der Waals surface area contributed by atoms with E-state index in [2.05, 4.69) is 10.8 Å². The van der Waals surface area contributed by atoms with Crippen LogP contribution in [0.5, 0.6) is 11.5 Å². The van der Waals surface area contributed by atoms with Crippen molar-refractivity contribution in [3.63, 3.8) is 0 Å². The van der Waals surface area contributed by atoms with Crippen molar-refractivity contribution in [3.05, 3.63) is 47.5 Å². The Balaban J connectivity index is 2.35. The van der Waals surface area contributed by atoms with E-state index in [1.807, 2.05) is 30.9 Å². The van der Waals surface area contributed by atoms with Crippen LogP contribution >= 0.6 is 0 Å². The fraction of sp³-hybridized carbons (Fsp3) is 0.316. The molecule has 2 aromatic carbocycles. The summed E-state index contributed by atoms with van der Waals surface area (Å²) in [6.07, 6.45) is 0.902. The van der Waals surface area contributed by atoms with Gasteiger partial charge in [-0.25, -0.2) is 0 Å². The summed E-state index contributed by atoms with van der Waals surface area (Å²) in [6.45, 7) is 4.60. The van der Waals surface area contributed by atoms with Crippen LogP contribution in [0.3, 0.4) is 0 Å². The molecule has 0 aromatic heterocycles. The van der Waals surface area contributed by atoms with E-state index < -0.39 is 0 Å². The van der Waals surface area contributed by atoms with Crippen molar-refractivity contribution in [1.82, 2.24) is 0 Å². The molecule has 0 saturated heterocycles. The van der Waals surface area contributed by atoms with Crippen molar-refractivity contribution in [3.8, 4) is 11.5 Å². The third-order valence-corrected chi connectivity index (χ3v) is 3.83. The molecule has 0 heterocycles. The third kappa shape index (κ3) is 4.41. The number of methoxy groups -OCH3 is 1. The van der Waals surface area contributed by atoms with Crippen LogP contribution in [0.1, 0.15) is 24.0 Å². The highest BCUT2D eigenvalue weighted by Gasteiger charge is 2.14. The highest BCUT2D eigenvalue weighted by molar-refractivity contribution is 5.71. The van der Waals surface area contributed by atoms with Crippen LogP contribution in [0.2, 0.25) is 0 Å². The lowest BCUT2D eigenvalue weighted by Crippen LogP contribution is -2.20. The second kappa shape index (κ2) is 7.73. The van der Waals surface area contributed by atoms with Crippen LogP contribution in [-0.2, 0) is 9.53 Å². The molecule has 0 aliphatic rings. The molecule has 2 rings (SSSR count). The molecule has 0 atom stereocenters. The molecule has 0 aliphatic heterocycles. The quantitative estimate of drug-likeness (QED) is 0.789. The van der Waals surface area contributed by atoms with Crippen molar-refractivity contribution in [2.24, 2.45) is 0 Å². The Morgan fingerprint density at radius 1 is 1.08 bits per heavy atom. The number of esters is 1. The Morgan fingerprint density at radius 3 is 2.33 bits per heavy atom. The lowest BCUT2D eigenvalue weighted by atomic mass is 10.1. The van der Waals surface area contributed by atoms with E-state index in [0.29, 0.717) is 25.1 Å². The SMILES string of the molecule is COC(=O)CCCN(c1cc(O)cc(O)c1)c1ccc(C)cc1C. The molecule has 5 heteroatoms. The number of aromatic hydroxyl groups is 2. The summed E-state index contributed by atoms with van der Waals surface area (Å²) in [5.74, 6) is -0.269. The molecule has 0 saturated carbocycles. The Bertz CT molecular complexity index is 707. The number of ether oxygens (including phenoxy) is 1. The number of hydrogen-bond donors (Lipinski definition) is 2. The van der Waals surface area contributed by atoms with Crippen LogP contribution in [-0.4, -0.2) is 29.8 Å². The Hall–Kier alpha value is -2.69. The molecule has 128 valence electrons. The van der Waals surface area contributed by atoms with Crippen molar-refractivity contribution in [1.29, 1.82) is 0 Å². The van der Waals surface area contributed by atoms with E-state index in [1.54, 1.807) is 12.1 Å². The van der Waals surface area contributed by atoms with Gasteiger partial charge in [-0.05, 0) is 31.9 Å². The molecule has 0 bridgehead atoms. The van der Waals surface area contributed by atoms with E-state index in [1.165, 1.54) is 13.2 Å². The average Bonchev–Trinajstić information content (AvgIpc) is 2.51. The minimum atomic E-state index is -0.255. The maximum absolute atomic E-state index is 11.4. The minimum Gasteiger partial charge on any atom is -0.508 e. The van der Waals surface area contributed by atoms with Gasteiger partial charge in [0.25, 0.3) is 0 Å². The van der Waals surface area contributed by atoms with Gasteiger partial charge in [0, 0.05) is 42.5 Å². The van der Waals surface area contributed by atoms with Crippen LogP contribution in [0.15, 0.2) is 36.4 Å². The van der Waals surface area contributed by atoms with Crippen molar-refractivity contribution >= 4 is 17.3 Å². The molecule has 0 radical (unpaired) electrons. The van der Waals surface area contributed by atoms with Gasteiger partial charge < -0.3 is 19.8 Å². The van der Waals surface area contributed by atoms with Gasteiger partial charge in [0.05, 0.1) is 7.11 Å². The van der Waals surface area contributed by atoms with Crippen LogP contribution in [0.4, 0.5) is 11.4 Å². The highest BCUT2D eigenvalue weighted by atomic mass is 16.5. The van der Waals surface area contributed by atoms with Gasteiger partial charge in [0.2, 0.25) is 0 Å². The summed E-state index contributed by atoms with van der Waals surface area (Å²) in [4.78, 5) is 13.3. The predicted octanol–water partition coefficient (Wildman–Crippen LogP) is 3.81. The normalized spacial score (nSPS) is 10.5. The number of phenols is 2. The van der Waals surface area contributed by atoms with Crippen molar-refractivity contribution < 1.29 is 19.7 Å². The van der Waals surface area contributed by atoms with E-state index in [9.17, 15) is 15.0 Å². The second-order valence-corrected chi connectivity index (χ2v) is 5.83.